The van der Waals surface area contributed by atoms with Crippen molar-refractivity contribution in [2.75, 3.05) is 26.2 Å². The monoisotopic (exact) mass is 215 g/mol. The smallest absolute Gasteiger partial charge is 0.389 e. The quantitative estimate of drug-likeness (QED) is 0.670. The summed E-state index contributed by atoms with van der Waals surface area (Å²) in [6.07, 6.45) is -6.36. The van der Waals surface area contributed by atoms with Crippen LogP contribution in [0, 0.1) is 0 Å². The van der Waals surface area contributed by atoms with Crippen molar-refractivity contribution in [1.29, 1.82) is 0 Å². The Balaban J connectivity index is 2.15. The van der Waals surface area contributed by atoms with E-state index in [2.05, 4.69) is 4.74 Å². The third kappa shape index (κ3) is 3.79. The lowest BCUT2D eigenvalue weighted by molar-refractivity contribution is -0.324. The molecule has 0 bridgehead atoms. The Kier molecular flexibility index (Phi) is 3.71. The van der Waals surface area contributed by atoms with Gasteiger partial charge in [0.15, 0.2) is 0 Å². The largest absolute Gasteiger partial charge is 0.522 e. The van der Waals surface area contributed by atoms with Crippen LogP contribution in [0.1, 0.15) is 0 Å². The average Bonchev–Trinajstić information content (AvgIpc) is 2.28. The predicted octanol–water partition coefficient (Wildman–Crippen LogP) is -0.440. The zero-order chi connectivity index (χ0) is 10.8. The van der Waals surface area contributed by atoms with Crippen LogP contribution in [0.5, 0.6) is 0 Å². The van der Waals surface area contributed by atoms with Gasteiger partial charge in [-0.3, -0.25) is 9.64 Å². The molecule has 14 heavy (non-hydrogen) atoms. The van der Waals surface area contributed by atoms with Crippen molar-refractivity contribution in [1.82, 2.24) is 4.90 Å². The Bertz CT molecular complexity index is 178. The van der Waals surface area contributed by atoms with E-state index < -0.39 is 25.2 Å². The molecule has 1 saturated heterocycles. The van der Waals surface area contributed by atoms with Gasteiger partial charge in [-0.25, -0.2) is 0 Å². The number of alkyl halides is 3. The number of hydrogen-bond donors (Lipinski definition) is 2. The van der Waals surface area contributed by atoms with Crippen LogP contribution in [0.25, 0.3) is 0 Å². The summed E-state index contributed by atoms with van der Waals surface area (Å²) in [5.41, 5.74) is 0. The minimum absolute atomic E-state index is 0.0492. The summed E-state index contributed by atoms with van der Waals surface area (Å²) < 4.78 is 38.2. The molecule has 0 aromatic heterocycles. The molecule has 0 aromatic rings. The Morgan fingerprint density at radius 1 is 1.21 bits per heavy atom. The second-order valence-electron chi connectivity index (χ2n) is 3.19. The molecule has 7 heteroatoms. The molecule has 1 heterocycles. The second-order valence-corrected chi connectivity index (χ2v) is 3.19. The summed E-state index contributed by atoms with van der Waals surface area (Å²) in [6, 6.07) is 0. The van der Waals surface area contributed by atoms with Crippen LogP contribution in [0.2, 0.25) is 0 Å². The van der Waals surface area contributed by atoms with E-state index in [0.717, 1.165) is 0 Å². The summed E-state index contributed by atoms with van der Waals surface area (Å²) in [5, 5.41) is 18.1. The normalized spacial score (nSPS) is 29.8. The van der Waals surface area contributed by atoms with Gasteiger partial charge >= 0.3 is 6.36 Å². The van der Waals surface area contributed by atoms with Gasteiger partial charge in [-0.1, -0.05) is 0 Å². The molecule has 4 nitrogen and oxygen atoms in total. The van der Waals surface area contributed by atoms with Crippen LogP contribution in [0.4, 0.5) is 13.2 Å². The van der Waals surface area contributed by atoms with Crippen LogP contribution in [-0.2, 0) is 4.74 Å². The Morgan fingerprint density at radius 2 is 1.71 bits per heavy atom. The molecule has 2 N–H and O–H groups in total. The van der Waals surface area contributed by atoms with Crippen molar-refractivity contribution < 1.29 is 28.1 Å². The molecule has 0 aromatic carbocycles. The SMILES string of the molecule is O[C@@H]1CN(CCOC(F)(F)F)C[C@@H]1O. The molecule has 0 radical (unpaired) electrons. The zero-order valence-corrected chi connectivity index (χ0v) is 7.37. The summed E-state index contributed by atoms with van der Waals surface area (Å²) in [4.78, 5) is 1.51. The molecule has 1 aliphatic rings. The first kappa shape index (κ1) is 11.7. The minimum atomic E-state index is -4.61. The standard InChI is InChI=1S/C7H12F3NO3/c8-7(9,10)14-2-1-11-3-5(12)6(13)4-11/h5-6,12-13H,1-4H2/t5-,6+. The highest BCUT2D eigenvalue weighted by Crippen LogP contribution is 2.16. The van der Waals surface area contributed by atoms with Crippen molar-refractivity contribution in [3.63, 3.8) is 0 Å². The van der Waals surface area contributed by atoms with Crippen LogP contribution in [-0.4, -0.2) is 59.9 Å². The molecule has 1 rings (SSSR count). The Hall–Kier alpha value is -0.370. The molecule has 84 valence electrons. The second kappa shape index (κ2) is 4.43. The molecule has 2 atom stereocenters. The first-order valence-electron chi connectivity index (χ1n) is 4.17. The molecule has 0 unspecified atom stereocenters. The van der Waals surface area contributed by atoms with Gasteiger partial charge in [0.1, 0.15) is 0 Å². The van der Waals surface area contributed by atoms with Crippen molar-refractivity contribution in [3.05, 3.63) is 0 Å². The molecular formula is C7H12F3NO3. The van der Waals surface area contributed by atoms with Gasteiger partial charge in [0.25, 0.3) is 0 Å². The lowest BCUT2D eigenvalue weighted by Gasteiger charge is -2.15. The molecule has 0 spiro atoms. The highest BCUT2D eigenvalue weighted by atomic mass is 19.4. The molecule has 0 amide bonds. The van der Waals surface area contributed by atoms with Gasteiger partial charge in [-0.15, -0.1) is 13.2 Å². The number of hydrogen-bond acceptors (Lipinski definition) is 4. The number of likely N-dealkylation sites (tertiary alicyclic amines) is 1. The van der Waals surface area contributed by atoms with E-state index in [0.29, 0.717) is 0 Å². The highest BCUT2D eigenvalue weighted by molar-refractivity contribution is 4.82. The Morgan fingerprint density at radius 3 is 2.14 bits per heavy atom. The van der Waals surface area contributed by atoms with Gasteiger partial charge in [-0.05, 0) is 0 Å². The van der Waals surface area contributed by atoms with Gasteiger partial charge in [-0.2, -0.15) is 0 Å². The lowest BCUT2D eigenvalue weighted by Crippen LogP contribution is -2.28. The first-order valence-corrected chi connectivity index (χ1v) is 4.17. The van der Waals surface area contributed by atoms with Gasteiger partial charge in [0.2, 0.25) is 0 Å². The van der Waals surface area contributed by atoms with Crippen molar-refractivity contribution >= 4 is 0 Å². The third-order valence-corrected chi connectivity index (χ3v) is 2.01. The Labute approximate surface area is 78.9 Å². The van der Waals surface area contributed by atoms with Crippen LogP contribution in [0.3, 0.4) is 0 Å². The first-order chi connectivity index (χ1) is 6.38. The fourth-order valence-corrected chi connectivity index (χ4v) is 1.32. The van der Waals surface area contributed by atoms with E-state index in [-0.39, 0.29) is 19.6 Å². The number of aliphatic hydroxyl groups is 2. The number of rotatable bonds is 3. The predicted molar refractivity (Wildman–Crippen MR) is 40.5 cm³/mol. The molecule has 1 aliphatic heterocycles. The molecule has 0 aliphatic carbocycles. The van der Waals surface area contributed by atoms with Crippen LogP contribution in [0.15, 0.2) is 0 Å². The summed E-state index contributed by atoms with van der Waals surface area (Å²) in [5.74, 6) is 0. The topological polar surface area (TPSA) is 52.9 Å². The van der Waals surface area contributed by atoms with E-state index in [4.69, 9.17) is 10.2 Å². The maximum atomic E-state index is 11.5. The van der Waals surface area contributed by atoms with E-state index >= 15 is 0 Å². The summed E-state index contributed by atoms with van der Waals surface area (Å²) >= 11 is 0. The fourth-order valence-electron chi connectivity index (χ4n) is 1.32. The zero-order valence-electron chi connectivity index (χ0n) is 7.37. The fraction of sp³-hybridized carbons (Fsp3) is 1.00. The van der Waals surface area contributed by atoms with Crippen LogP contribution < -0.4 is 0 Å². The number of nitrogens with zero attached hydrogens (tertiary/aromatic N) is 1. The minimum Gasteiger partial charge on any atom is -0.389 e. The number of ether oxygens (including phenoxy) is 1. The van der Waals surface area contributed by atoms with Crippen molar-refractivity contribution in [3.8, 4) is 0 Å². The van der Waals surface area contributed by atoms with Gasteiger partial charge in [0, 0.05) is 19.6 Å². The molecule has 1 fully saturated rings. The van der Waals surface area contributed by atoms with Crippen molar-refractivity contribution in [2.45, 2.75) is 18.6 Å². The number of β-amino-alcohol motifs (C(OH)–C–C–N with tert-alkyl or cyclic N) is 2. The van der Waals surface area contributed by atoms with E-state index in [1.165, 1.54) is 4.90 Å². The highest BCUT2D eigenvalue weighted by Gasteiger charge is 2.32. The average molecular weight is 215 g/mol. The maximum absolute atomic E-state index is 11.5. The summed E-state index contributed by atoms with van der Waals surface area (Å²) in [7, 11) is 0. The van der Waals surface area contributed by atoms with E-state index in [1.807, 2.05) is 0 Å². The number of aliphatic hydroxyl groups excluding tert-OH is 2. The van der Waals surface area contributed by atoms with Gasteiger partial charge < -0.3 is 10.2 Å². The lowest BCUT2D eigenvalue weighted by atomic mass is 10.3. The van der Waals surface area contributed by atoms with Crippen molar-refractivity contribution in [2.24, 2.45) is 0 Å². The molecule has 0 saturated carbocycles. The van der Waals surface area contributed by atoms with E-state index in [1.54, 1.807) is 0 Å². The van der Waals surface area contributed by atoms with Crippen LogP contribution >= 0.6 is 0 Å². The number of halogens is 3. The van der Waals surface area contributed by atoms with Gasteiger partial charge in [0.05, 0.1) is 18.8 Å². The molecular weight excluding hydrogens is 203 g/mol. The summed E-state index contributed by atoms with van der Waals surface area (Å²) in [6.45, 7) is -0.0681. The third-order valence-electron chi connectivity index (χ3n) is 2.01. The maximum Gasteiger partial charge on any atom is 0.522 e. The van der Waals surface area contributed by atoms with E-state index in [9.17, 15) is 13.2 Å².